The maximum absolute atomic E-state index is 4.54. The quantitative estimate of drug-likeness (QED) is 0.503. The molecule has 0 aliphatic carbocycles. The topological polar surface area (TPSA) is 0 Å². The van der Waals surface area contributed by atoms with Crippen molar-refractivity contribution in [2.24, 2.45) is 11.8 Å². The number of hydrogen-bond donors (Lipinski definition) is 0. The lowest BCUT2D eigenvalue weighted by Crippen LogP contribution is -2.33. The summed E-state index contributed by atoms with van der Waals surface area (Å²) in [6, 6.07) is 10.8. The van der Waals surface area contributed by atoms with E-state index in [0.29, 0.717) is 36.1 Å². The second-order valence-corrected chi connectivity index (χ2v) is 7.44. The molecule has 0 fully saturated rings. The lowest BCUT2D eigenvalue weighted by Gasteiger charge is -2.35. The van der Waals surface area contributed by atoms with Crippen LogP contribution in [0, 0.1) is 11.8 Å². The van der Waals surface area contributed by atoms with E-state index in [-0.39, 0.29) is 0 Å². The van der Waals surface area contributed by atoms with Gasteiger partial charge in [0.1, 0.15) is 0 Å². The van der Waals surface area contributed by atoms with Gasteiger partial charge in [0.15, 0.2) is 6.71 Å². The Bertz CT molecular complexity index is 418. The molecular formula is C20H33B. The van der Waals surface area contributed by atoms with Crippen molar-refractivity contribution >= 4 is 6.71 Å². The van der Waals surface area contributed by atoms with E-state index in [2.05, 4.69) is 85.4 Å². The molecule has 116 valence electrons. The highest BCUT2D eigenvalue weighted by Crippen LogP contribution is 2.40. The van der Waals surface area contributed by atoms with Gasteiger partial charge in [0.05, 0.1) is 0 Å². The fraction of sp³-hybridized carbons (Fsp3) is 0.600. The summed E-state index contributed by atoms with van der Waals surface area (Å²) in [5.41, 5.74) is 2.79. The third-order valence-electron chi connectivity index (χ3n) is 5.52. The summed E-state index contributed by atoms with van der Waals surface area (Å²) in [6.45, 7) is 21.6. The van der Waals surface area contributed by atoms with Crippen LogP contribution in [0.4, 0.5) is 0 Å². The molecule has 1 heteroatoms. The summed E-state index contributed by atoms with van der Waals surface area (Å²) < 4.78 is 0. The first-order chi connectivity index (χ1) is 9.77. The third kappa shape index (κ3) is 4.50. The molecular weight excluding hydrogens is 251 g/mol. The number of rotatable bonds is 7. The van der Waals surface area contributed by atoms with Gasteiger partial charge in [0.25, 0.3) is 0 Å². The summed E-state index contributed by atoms with van der Waals surface area (Å²) in [7, 11) is 0. The Balaban J connectivity index is 3.05. The minimum absolute atomic E-state index is 0.429. The standard InChI is InChI=1S/C20H33B/c1-14(2)17(6)21(18(7)15(3)4)19(8)16(5)20-12-10-9-11-13-20/h9-18H,8H2,1-7H3. The molecule has 0 bridgehead atoms. The zero-order valence-electron chi connectivity index (χ0n) is 15.1. The fourth-order valence-corrected chi connectivity index (χ4v) is 3.23. The zero-order chi connectivity index (χ0) is 16.2. The van der Waals surface area contributed by atoms with Crippen LogP contribution in [0.25, 0.3) is 0 Å². The van der Waals surface area contributed by atoms with Gasteiger partial charge in [-0.15, -0.1) is 12.1 Å². The molecule has 0 saturated carbocycles. The van der Waals surface area contributed by atoms with Gasteiger partial charge in [-0.1, -0.05) is 102 Å². The minimum Gasteiger partial charge on any atom is -0.108 e. The normalized spacial score (nSPS) is 15.9. The van der Waals surface area contributed by atoms with Gasteiger partial charge in [-0.05, 0) is 11.5 Å². The lowest BCUT2D eigenvalue weighted by atomic mass is 9.27. The van der Waals surface area contributed by atoms with Crippen LogP contribution in [-0.2, 0) is 0 Å². The molecule has 1 aromatic rings. The molecule has 0 aliphatic rings. The summed E-state index contributed by atoms with van der Waals surface area (Å²) in [5, 5.41) is 0. The number of allylic oxidation sites excluding steroid dienone is 1. The lowest BCUT2D eigenvalue weighted by molar-refractivity contribution is 0.562. The molecule has 0 heterocycles. The molecule has 0 saturated heterocycles. The van der Waals surface area contributed by atoms with Crippen LogP contribution >= 0.6 is 0 Å². The van der Waals surface area contributed by atoms with E-state index in [0.717, 1.165) is 0 Å². The average molecular weight is 284 g/mol. The van der Waals surface area contributed by atoms with Crippen LogP contribution in [0.5, 0.6) is 0 Å². The summed E-state index contributed by atoms with van der Waals surface area (Å²) in [5.74, 6) is 3.15. The van der Waals surface area contributed by atoms with Crippen molar-refractivity contribution in [1.29, 1.82) is 0 Å². The van der Waals surface area contributed by atoms with Gasteiger partial charge in [-0.2, -0.15) is 0 Å². The Morgan fingerprint density at radius 2 is 1.24 bits per heavy atom. The molecule has 0 aromatic heterocycles. The van der Waals surface area contributed by atoms with E-state index in [9.17, 15) is 0 Å². The van der Waals surface area contributed by atoms with E-state index >= 15 is 0 Å². The summed E-state index contributed by atoms with van der Waals surface area (Å²) in [4.78, 5) is 0. The molecule has 0 radical (unpaired) electrons. The number of hydrogen-bond acceptors (Lipinski definition) is 0. The molecule has 0 aliphatic heterocycles. The predicted molar refractivity (Wildman–Crippen MR) is 98.3 cm³/mol. The van der Waals surface area contributed by atoms with Crippen molar-refractivity contribution in [3.8, 4) is 0 Å². The number of benzene rings is 1. The van der Waals surface area contributed by atoms with Crippen LogP contribution in [0.1, 0.15) is 59.9 Å². The van der Waals surface area contributed by atoms with E-state index in [4.69, 9.17) is 0 Å². The van der Waals surface area contributed by atoms with Crippen molar-refractivity contribution in [2.45, 2.75) is 66.0 Å². The van der Waals surface area contributed by atoms with Crippen molar-refractivity contribution in [3.05, 3.63) is 47.9 Å². The second-order valence-electron chi connectivity index (χ2n) is 7.44. The Kier molecular flexibility index (Phi) is 6.77. The average Bonchev–Trinajstić information content (AvgIpc) is 2.46. The van der Waals surface area contributed by atoms with Crippen LogP contribution in [0.15, 0.2) is 42.4 Å². The Labute approximate surface area is 133 Å². The van der Waals surface area contributed by atoms with Gasteiger partial charge >= 0.3 is 0 Å². The summed E-state index contributed by atoms with van der Waals surface area (Å²) >= 11 is 0. The highest BCUT2D eigenvalue weighted by molar-refractivity contribution is 6.69. The van der Waals surface area contributed by atoms with E-state index < -0.39 is 0 Å². The van der Waals surface area contributed by atoms with E-state index in [1.807, 2.05) is 0 Å². The Morgan fingerprint density at radius 3 is 1.62 bits per heavy atom. The van der Waals surface area contributed by atoms with Crippen LogP contribution < -0.4 is 0 Å². The third-order valence-corrected chi connectivity index (χ3v) is 5.52. The molecule has 1 rings (SSSR count). The van der Waals surface area contributed by atoms with Gasteiger partial charge in [-0.3, -0.25) is 0 Å². The van der Waals surface area contributed by atoms with Crippen molar-refractivity contribution in [2.75, 3.05) is 0 Å². The van der Waals surface area contributed by atoms with Crippen LogP contribution in [0.2, 0.25) is 11.6 Å². The minimum atomic E-state index is 0.429. The highest BCUT2D eigenvalue weighted by atomic mass is 14.2. The smallest absolute Gasteiger partial charge is 0.108 e. The molecule has 21 heavy (non-hydrogen) atoms. The second kappa shape index (κ2) is 7.87. The molecule has 0 amide bonds. The van der Waals surface area contributed by atoms with Crippen molar-refractivity contribution in [1.82, 2.24) is 0 Å². The monoisotopic (exact) mass is 284 g/mol. The fourth-order valence-electron chi connectivity index (χ4n) is 3.23. The van der Waals surface area contributed by atoms with Gasteiger partial charge in [0, 0.05) is 0 Å². The van der Waals surface area contributed by atoms with Crippen molar-refractivity contribution < 1.29 is 0 Å². The van der Waals surface area contributed by atoms with Gasteiger partial charge < -0.3 is 0 Å². The molecule has 1 aromatic carbocycles. The Morgan fingerprint density at radius 1 is 0.810 bits per heavy atom. The largest absolute Gasteiger partial charge is 0.176 e. The molecule has 3 atom stereocenters. The Hall–Kier alpha value is -0.975. The highest BCUT2D eigenvalue weighted by Gasteiger charge is 2.35. The summed E-state index contributed by atoms with van der Waals surface area (Å²) in [6.07, 6.45) is 0. The molecule has 3 unspecified atom stereocenters. The first-order valence-corrected chi connectivity index (χ1v) is 8.51. The molecule has 0 nitrogen and oxygen atoms in total. The first-order valence-electron chi connectivity index (χ1n) is 8.51. The van der Waals surface area contributed by atoms with E-state index in [1.165, 1.54) is 11.0 Å². The SMILES string of the molecule is C=C(B(C(C)C(C)C)C(C)C(C)C)C(C)c1ccccc1. The van der Waals surface area contributed by atoms with E-state index in [1.54, 1.807) is 0 Å². The van der Waals surface area contributed by atoms with Gasteiger partial charge in [0.2, 0.25) is 0 Å². The maximum Gasteiger partial charge on any atom is 0.176 e. The van der Waals surface area contributed by atoms with Gasteiger partial charge in [-0.25, -0.2) is 0 Å². The predicted octanol–water partition coefficient (Wildman–Crippen LogP) is 6.47. The molecule has 0 N–H and O–H groups in total. The zero-order valence-corrected chi connectivity index (χ0v) is 15.1. The van der Waals surface area contributed by atoms with Crippen LogP contribution in [0.3, 0.4) is 0 Å². The maximum atomic E-state index is 4.54. The van der Waals surface area contributed by atoms with Crippen molar-refractivity contribution in [3.63, 3.8) is 0 Å². The first kappa shape index (κ1) is 18.1. The van der Waals surface area contributed by atoms with Crippen LogP contribution in [-0.4, -0.2) is 6.71 Å². The molecule has 0 spiro atoms.